The maximum atomic E-state index is 9.89. The number of ether oxygens (including phenoxy) is 1. The molecule has 21 heavy (non-hydrogen) atoms. The first kappa shape index (κ1) is 15.4. The van der Waals surface area contributed by atoms with Gasteiger partial charge < -0.3 is 14.9 Å². The highest BCUT2D eigenvalue weighted by molar-refractivity contribution is 5.48. The standard InChI is InChI=1S/C18H20O3/c19-14-17(20)18(16-11-5-2-6-12-16)21-13-7-10-15-8-3-1-4-9-15/h1-12,17-20H,13-14H2/b10-7+. The predicted octanol–water partition coefficient (Wildman–Crippen LogP) is 2.81. The molecular weight excluding hydrogens is 264 g/mol. The topological polar surface area (TPSA) is 49.7 Å². The molecule has 0 bridgehead atoms. The molecule has 0 radical (unpaired) electrons. The molecule has 0 fully saturated rings. The van der Waals surface area contributed by atoms with Gasteiger partial charge >= 0.3 is 0 Å². The molecule has 3 nitrogen and oxygen atoms in total. The minimum Gasteiger partial charge on any atom is -0.394 e. The molecule has 0 aliphatic heterocycles. The quantitative estimate of drug-likeness (QED) is 0.822. The average molecular weight is 284 g/mol. The number of aliphatic hydroxyl groups excluding tert-OH is 2. The van der Waals surface area contributed by atoms with E-state index in [0.29, 0.717) is 6.61 Å². The lowest BCUT2D eigenvalue weighted by atomic mass is 10.0. The SMILES string of the molecule is OCC(O)C(OC/C=C/c1ccccc1)c1ccccc1. The Bertz CT molecular complexity index is 537. The Morgan fingerprint density at radius 1 is 0.952 bits per heavy atom. The van der Waals surface area contributed by atoms with E-state index in [9.17, 15) is 5.11 Å². The lowest BCUT2D eigenvalue weighted by Crippen LogP contribution is -2.25. The number of rotatable bonds is 7. The zero-order valence-corrected chi connectivity index (χ0v) is 11.8. The van der Waals surface area contributed by atoms with Crippen LogP contribution in [0.25, 0.3) is 6.08 Å². The highest BCUT2D eigenvalue weighted by Crippen LogP contribution is 2.21. The fourth-order valence-electron chi connectivity index (χ4n) is 2.08. The molecule has 0 amide bonds. The molecule has 110 valence electrons. The van der Waals surface area contributed by atoms with Gasteiger partial charge in [-0.3, -0.25) is 0 Å². The van der Waals surface area contributed by atoms with Crippen LogP contribution in [0.3, 0.4) is 0 Å². The minimum absolute atomic E-state index is 0.331. The van der Waals surface area contributed by atoms with Gasteiger partial charge in [-0.15, -0.1) is 0 Å². The Labute approximate surface area is 125 Å². The monoisotopic (exact) mass is 284 g/mol. The van der Waals surface area contributed by atoms with E-state index in [1.165, 1.54) is 0 Å². The molecule has 0 heterocycles. The van der Waals surface area contributed by atoms with Crippen molar-refractivity contribution in [2.45, 2.75) is 12.2 Å². The van der Waals surface area contributed by atoms with E-state index in [1.807, 2.05) is 72.8 Å². The lowest BCUT2D eigenvalue weighted by Gasteiger charge is -2.21. The minimum atomic E-state index is -0.933. The molecule has 0 spiro atoms. The van der Waals surface area contributed by atoms with Gasteiger partial charge in [0.25, 0.3) is 0 Å². The van der Waals surface area contributed by atoms with E-state index < -0.39 is 12.2 Å². The molecule has 0 aliphatic rings. The molecule has 0 aromatic heterocycles. The van der Waals surface area contributed by atoms with E-state index in [1.54, 1.807) is 0 Å². The van der Waals surface area contributed by atoms with Crippen LogP contribution in [0.15, 0.2) is 66.7 Å². The number of aliphatic hydroxyl groups is 2. The van der Waals surface area contributed by atoms with Crippen molar-refractivity contribution in [3.05, 3.63) is 77.9 Å². The first-order valence-electron chi connectivity index (χ1n) is 6.98. The molecule has 2 aromatic rings. The van der Waals surface area contributed by atoms with Crippen LogP contribution in [0.2, 0.25) is 0 Å². The fourth-order valence-corrected chi connectivity index (χ4v) is 2.08. The van der Waals surface area contributed by atoms with Gasteiger partial charge in [0.15, 0.2) is 0 Å². The van der Waals surface area contributed by atoms with Crippen molar-refractivity contribution >= 4 is 6.08 Å². The van der Waals surface area contributed by atoms with Crippen molar-refractivity contribution < 1.29 is 14.9 Å². The summed E-state index contributed by atoms with van der Waals surface area (Å²) < 4.78 is 5.71. The lowest BCUT2D eigenvalue weighted by molar-refractivity contribution is -0.0510. The summed E-state index contributed by atoms with van der Waals surface area (Å²) in [5, 5.41) is 19.0. The Hall–Kier alpha value is -1.94. The smallest absolute Gasteiger partial charge is 0.111 e. The normalized spacial score (nSPS) is 14.2. The average Bonchev–Trinajstić information content (AvgIpc) is 2.56. The van der Waals surface area contributed by atoms with Crippen LogP contribution in [0.1, 0.15) is 17.2 Å². The highest BCUT2D eigenvalue weighted by atomic mass is 16.5. The maximum absolute atomic E-state index is 9.89. The van der Waals surface area contributed by atoms with E-state index in [0.717, 1.165) is 11.1 Å². The summed E-state index contributed by atoms with van der Waals surface area (Å²) in [7, 11) is 0. The zero-order chi connectivity index (χ0) is 14.9. The third kappa shape index (κ3) is 4.83. The van der Waals surface area contributed by atoms with Crippen LogP contribution in [0.4, 0.5) is 0 Å². The van der Waals surface area contributed by atoms with Crippen LogP contribution in [-0.4, -0.2) is 29.5 Å². The van der Waals surface area contributed by atoms with Gasteiger partial charge in [-0.05, 0) is 11.1 Å². The Morgan fingerprint density at radius 3 is 2.19 bits per heavy atom. The summed E-state index contributed by atoms with van der Waals surface area (Å²) in [6.07, 6.45) is 2.40. The third-order valence-electron chi connectivity index (χ3n) is 3.15. The van der Waals surface area contributed by atoms with Crippen molar-refractivity contribution in [3.8, 4) is 0 Å². The molecular formula is C18H20O3. The maximum Gasteiger partial charge on any atom is 0.111 e. The van der Waals surface area contributed by atoms with Crippen molar-refractivity contribution in [3.63, 3.8) is 0 Å². The van der Waals surface area contributed by atoms with E-state index in [4.69, 9.17) is 9.84 Å². The molecule has 0 saturated carbocycles. The van der Waals surface area contributed by atoms with Crippen molar-refractivity contribution in [2.24, 2.45) is 0 Å². The summed E-state index contributed by atoms with van der Waals surface area (Å²) in [6, 6.07) is 19.4. The van der Waals surface area contributed by atoms with Crippen LogP contribution in [-0.2, 0) is 4.74 Å². The molecule has 2 aromatic carbocycles. The Kier molecular flexibility index (Phi) is 6.16. The van der Waals surface area contributed by atoms with Gasteiger partial charge in [0.05, 0.1) is 13.2 Å². The van der Waals surface area contributed by atoms with Gasteiger partial charge in [0, 0.05) is 0 Å². The van der Waals surface area contributed by atoms with E-state index >= 15 is 0 Å². The number of hydrogen-bond donors (Lipinski definition) is 2. The van der Waals surface area contributed by atoms with E-state index in [-0.39, 0.29) is 6.61 Å². The summed E-state index contributed by atoms with van der Waals surface area (Å²) in [5.41, 5.74) is 1.95. The largest absolute Gasteiger partial charge is 0.394 e. The predicted molar refractivity (Wildman–Crippen MR) is 83.7 cm³/mol. The molecule has 2 rings (SSSR count). The zero-order valence-electron chi connectivity index (χ0n) is 11.8. The number of benzene rings is 2. The molecule has 2 N–H and O–H groups in total. The van der Waals surface area contributed by atoms with Gasteiger partial charge in [0.1, 0.15) is 12.2 Å². The van der Waals surface area contributed by atoms with Crippen molar-refractivity contribution in [1.29, 1.82) is 0 Å². The summed E-state index contributed by atoms with van der Waals surface area (Å²) in [4.78, 5) is 0. The van der Waals surface area contributed by atoms with E-state index in [2.05, 4.69) is 0 Å². The van der Waals surface area contributed by atoms with Gasteiger partial charge in [-0.1, -0.05) is 72.8 Å². The summed E-state index contributed by atoms with van der Waals surface area (Å²) in [6.45, 7) is 0.0352. The second kappa shape index (κ2) is 8.37. The summed E-state index contributed by atoms with van der Waals surface area (Å²) in [5.74, 6) is 0. The Morgan fingerprint density at radius 2 is 1.57 bits per heavy atom. The van der Waals surface area contributed by atoms with Crippen LogP contribution >= 0.6 is 0 Å². The summed E-state index contributed by atoms with van der Waals surface area (Å²) >= 11 is 0. The van der Waals surface area contributed by atoms with Gasteiger partial charge in [-0.2, -0.15) is 0 Å². The Balaban J connectivity index is 1.95. The van der Waals surface area contributed by atoms with Crippen LogP contribution in [0.5, 0.6) is 0 Å². The second-order valence-corrected chi connectivity index (χ2v) is 4.73. The number of hydrogen-bond acceptors (Lipinski definition) is 3. The molecule has 2 unspecified atom stereocenters. The highest BCUT2D eigenvalue weighted by Gasteiger charge is 2.20. The fraction of sp³-hybridized carbons (Fsp3) is 0.222. The molecule has 2 atom stereocenters. The second-order valence-electron chi connectivity index (χ2n) is 4.73. The van der Waals surface area contributed by atoms with Gasteiger partial charge in [-0.25, -0.2) is 0 Å². The van der Waals surface area contributed by atoms with Crippen molar-refractivity contribution in [1.82, 2.24) is 0 Å². The molecule has 0 saturated heterocycles. The molecule has 3 heteroatoms. The first-order chi connectivity index (χ1) is 10.3. The first-order valence-corrected chi connectivity index (χ1v) is 6.98. The third-order valence-corrected chi connectivity index (χ3v) is 3.15. The van der Waals surface area contributed by atoms with Crippen molar-refractivity contribution in [2.75, 3.05) is 13.2 Å². The van der Waals surface area contributed by atoms with Gasteiger partial charge in [0.2, 0.25) is 0 Å². The van der Waals surface area contributed by atoms with Crippen LogP contribution < -0.4 is 0 Å². The van der Waals surface area contributed by atoms with Crippen LogP contribution in [0, 0.1) is 0 Å². The molecule has 0 aliphatic carbocycles.